The highest BCUT2D eigenvalue weighted by Gasteiger charge is 2.49. The van der Waals surface area contributed by atoms with E-state index in [1.807, 2.05) is 0 Å². The number of hydrogen-bond acceptors (Lipinski definition) is 3. The Hall–Kier alpha value is -0.870. The van der Waals surface area contributed by atoms with Crippen molar-refractivity contribution in [1.29, 1.82) is 0 Å². The van der Waals surface area contributed by atoms with Crippen LogP contribution in [0.25, 0.3) is 0 Å². The lowest BCUT2D eigenvalue weighted by molar-refractivity contribution is -0.116. The molecule has 1 amide bonds. The highest BCUT2D eigenvalue weighted by molar-refractivity contribution is 5.97. The summed E-state index contributed by atoms with van der Waals surface area (Å²) in [5, 5.41) is 11.7. The third kappa shape index (κ3) is 1.59. The van der Waals surface area contributed by atoms with Crippen LogP contribution in [0.1, 0.15) is 19.3 Å². The van der Waals surface area contributed by atoms with Gasteiger partial charge in [-0.25, -0.2) is 0 Å². The maximum absolute atomic E-state index is 11.4. The summed E-state index contributed by atoms with van der Waals surface area (Å²) in [5.41, 5.74) is 6.32. The molecule has 72 valence electrons. The van der Waals surface area contributed by atoms with Crippen molar-refractivity contribution in [2.75, 3.05) is 6.61 Å². The van der Waals surface area contributed by atoms with Crippen molar-refractivity contribution in [3.8, 4) is 0 Å². The number of aliphatic hydroxyl groups is 1. The highest BCUT2D eigenvalue weighted by Crippen LogP contribution is 2.44. The number of nitrogens with one attached hydrogen (secondary N) is 1. The quantitative estimate of drug-likeness (QED) is 0.493. The third-order valence-corrected chi connectivity index (χ3v) is 2.68. The maximum atomic E-state index is 11.4. The Morgan fingerprint density at radius 2 is 2.38 bits per heavy atom. The summed E-state index contributed by atoms with van der Waals surface area (Å²) in [6.45, 7) is -0.107. The Morgan fingerprint density at radius 3 is 2.85 bits per heavy atom. The molecule has 0 aromatic rings. The number of rotatable bonds is 2. The third-order valence-electron chi connectivity index (χ3n) is 2.68. The van der Waals surface area contributed by atoms with Gasteiger partial charge in [0.15, 0.2) is 0 Å². The molecule has 0 unspecified atom stereocenters. The summed E-state index contributed by atoms with van der Waals surface area (Å²) < 4.78 is 0. The Morgan fingerprint density at radius 1 is 1.69 bits per heavy atom. The van der Waals surface area contributed by atoms with Crippen LogP contribution in [0.2, 0.25) is 0 Å². The minimum atomic E-state index is -0.408. The highest BCUT2D eigenvalue weighted by atomic mass is 16.3. The van der Waals surface area contributed by atoms with Crippen LogP contribution in [0, 0.1) is 0 Å². The molecule has 13 heavy (non-hydrogen) atoms. The molecule has 0 radical (unpaired) electrons. The number of carbonyl (C=O) groups excluding carboxylic acids is 1. The van der Waals surface area contributed by atoms with Crippen molar-refractivity contribution in [2.45, 2.75) is 30.8 Å². The van der Waals surface area contributed by atoms with Gasteiger partial charge >= 0.3 is 0 Å². The van der Waals surface area contributed by atoms with Crippen LogP contribution in [-0.4, -0.2) is 29.2 Å². The first-order chi connectivity index (χ1) is 6.15. The Labute approximate surface area is 76.8 Å². The summed E-state index contributed by atoms with van der Waals surface area (Å²) in [6, 6.07) is -0.408. The van der Waals surface area contributed by atoms with Crippen molar-refractivity contribution in [3.05, 3.63) is 11.6 Å². The molecule has 1 aliphatic heterocycles. The average molecular weight is 182 g/mol. The van der Waals surface area contributed by atoms with E-state index in [0.717, 1.165) is 24.8 Å². The molecule has 1 spiro atoms. The molecule has 1 atom stereocenters. The van der Waals surface area contributed by atoms with Crippen molar-refractivity contribution < 1.29 is 9.90 Å². The minimum Gasteiger partial charge on any atom is -0.394 e. The van der Waals surface area contributed by atoms with Gasteiger partial charge in [-0.3, -0.25) is 4.79 Å². The van der Waals surface area contributed by atoms with Crippen LogP contribution in [0.15, 0.2) is 11.6 Å². The van der Waals surface area contributed by atoms with Gasteiger partial charge in [0.1, 0.15) is 0 Å². The molecule has 0 aromatic carbocycles. The summed E-state index contributed by atoms with van der Waals surface area (Å²) in [4.78, 5) is 11.4. The van der Waals surface area contributed by atoms with Gasteiger partial charge in [-0.05, 0) is 12.8 Å². The summed E-state index contributed by atoms with van der Waals surface area (Å²) in [7, 11) is 0. The van der Waals surface area contributed by atoms with Gasteiger partial charge in [0.2, 0.25) is 5.91 Å². The summed E-state index contributed by atoms with van der Waals surface area (Å²) >= 11 is 0. The second-order valence-electron chi connectivity index (χ2n) is 3.95. The summed E-state index contributed by atoms with van der Waals surface area (Å²) in [6.07, 6.45) is 4.59. The molecule has 2 rings (SSSR count). The number of nitrogens with two attached hydrogens (primary N) is 1. The molecule has 2 aliphatic rings. The lowest BCUT2D eigenvalue weighted by Gasteiger charge is -2.02. The van der Waals surface area contributed by atoms with Crippen molar-refractivity contribution in [2.24, 2.45) is 5.73 Å². The Balaban J connectivity index is 2.08. The van der Waals surface area contributed by atoms with Gasteiger partial charge in [-0.2, -0.15) is 0 Å². The second-order valence-corrected chi connectivity index (χ2v) is 3.95. The van der Waals surface area contributed by atoms with Crippen LogP contribution in [0.4, 0.5) is 0 Å². The fraction of sp³-hybridized carbons (Fsp3) is 0.667. The minimum absolute atomic E-state index is 0.0126. The molecule has 4 nitrogen and oxygen atoms in total. The molecular formula is C9H14N2O2. The SMILES string of the molecule is N[C@@H](/C=C1/CC2(CC2)NC1=O)CO. The number of amides is 1. The largest absolute Gasteiger partial charge is 0.394 e. The zero-order chi connectivity index (χ0) is 9.47. The molecule has 1 saturated heterocycles. The lowest BCUT2D eigenvalue weighted by atomic mass is 10.1. The molecule has 4 heteroatoms. The molecule has 4 N–H and O–H groups in total. The predicted molar refractivity (Wildman–Crippen MR) is 47.9 cm³/mol. The monoisotopic (exact) mass is 182 g/mol. The van der Waals surface area contributed by atoms with Gasteiger partial charge in [-0.1, -0.05) is 6.08 Å². The van der Waals surface area contributed by atoms with Crippen LogP contribution >= 0.6 is 0 Å². The molecule has 2 fully saturated rings. The number of aliphatic hydroxyl groups excluding tert-OH is 1. The van der Waals surface area contributed by atoms with E-state index >= 15 is 0 Å². The van der Waals surface area contributed by atoms with Crippen molar-refractivity contribution in [3.63, 3.8) is 0 Å². The van der Waals surface area contributed by atoms with E-state index in [9.17, 15) is 4.79 Å². The van der Waals surface area contributed by atoms with E-state index < -0.39 is 6.04 Å². The average Bonchev–Trinajstić information content (AvgIpc) is 2.75. The van der Waals surface area contributed by atoms with Crippen LogP contribution < -0.4 is 11.1 Å². The van der Waals surface area contributed by atoms with Crippen LogP contribution in [0.5, 0.6) is 0 Å². The van der Waals surface area contributed by atoms with E-state index in [0.29, 0.717) is 0 Å². The van der Waals surface area contributed by atoms with Crippen molar-refractivity contribution in [1.82, 2.24) is 5.32 Å². The fourth-order valence-electron chi connectivity index (χ4n) is 1.71. The topological polar surface area (TPSA) is 75.3 Å². The van der Waals surface area contributed by atoms with E-state index in [4.69, 9.17) is 10.8 Å². The van der Waals surface area contributed by atoms with Gasteiger partial charge < -0.3 is 16.2 Å². The smallest absolute Gasteiger partial charge is 0.247 e. The normalized spacial score (nSPS) is 29.4. The standard InChI is InChI=1S/C9H14N2O2/c10-7(5-12)3-6-4-9(1-2-9)11-8(6)13/h3,7,12H,1-2,4-5,10H2,(H,11,13)/b6-3-/t7-/m0/s1. The zero-order valence-corrected chi connectivity index (χ0v) is 7.42. The van der Waals surface area contributed by atoms with E-state index in [1.165, 1.54) is 0 Å². The van der Waals surface area contributed by atoms with Crippen molar-refractivity contribution >= 4 is 5.91 Å². The number of carbonyl (C=O) groups is 1. The van der Waals surface area contributed by atoms with Crippen LogP contribution in [-0.2, 0) is 4.79 Å². The number of hydrogen-bond donors (Lipinski definition) is 3. The summed E-state index contributed by atoms with van der Waals surface area (Å²) in [5.74, 6) is -0.0126. The van der Waals surface area contributed by atoms with Crippen LogP contribution in [0.3, 0.4) is 0 Å². The molecule has 1 saturated carbocycles. The van der Waals surface area contributed by atoms with Gasteiger partial charge in [0, 0.05) is 23.6 Å². The van der Waals surface area contributed by atoms with Gasteiger partial charge in [0.05, 0.1) is 6.61 Å². The van der Waals surface area contributed by atoms with Gasteiger partial charge in [-0.15, -0.1) is 0 Å². The second kappa shape index (κ2) is 2.82. The Bertz CT molecular complexity index is 269. The molecular weight excluding hydrogens is 168 g/mol. The molecule has 1 heterocycles. The van der Waals surface area contributed by atoms with E-state index in [2.05, 4.69) is 5.32 Å². The molecule has 1 aliphatic carbocycles. The lowest BCUT2D eigenvalue weighted by Crippen LogP contribution is -2.27. The molecule has 0 aromatic heterocycles. The maximum Gasteiger partial charge on any atom is 0.247 e. The fourth-order valence-corrected chi connectivity index (χ4v) is 1.71. The first-order valence-electron chi connectivity index (χ1n) is 4.55. The first kappa shape index (κ1) is 8.72. The Kier molecular flexibility index (Phi) is 1.89. The molecule has 0 bridgehead atoms. The predicted octanol–water partition coefficient (Wildman–Crippen LogP) is -0.715. The van der Waals surface area contributed by atoms with E-state index in [1.54, 1.807) is 6.08 Å². The van der Waals surface area contributed by atoms with E-state index in [-0.39, 0.29) is 18.1 Å². The zero-order valence-electron chi connectivity index (χ0n) is 7.42. The first-order valence-corrected chi connectivity index (χ1v) is 4.55. The van der Waals surface area contributed by atoms with Gasteiger partial charge in [0.25, 0.3) is 0 Å².